The second kappa shape index (κ2) is 6.83. The fourth-order valence-corrected chi connectivity index (χ4v) is 4.93. The molecular weight excluding hydrogens is 310 g/mol. The number of nitrogens with zero attached hydrogens (tertiary/aromatic N) is 3. The number of fused-ring (bicyclic) bond motifs is 1. The van der Waals surface area contributed by atoms with Crippen molar-refractivity contribution in [2.24, 2.45) is 13.0 Å². The highest BCUT2D eigenvalue weighted by Crippen LogP contribution is 2.35. The Hall–Kier alpha value is -1.81. The Labute approximate surface area is 150 Å². The van der Waals surface area contributed by atoms with E-state index < -0.39 is 0 Å². The third-order valence-corrected chi connectivity index (χ3v) is 6.39. The van der Waals surface area contributed by atoms with Crippen molar-refractivity contribution in [1.29, 1.82) is 0 Å². The minimum atomic E-state index is 0.143. The summed E-state index contributed by atoms with van der Waals surface area (Å²) in [7, 11) is 1.99. The highest BCUT2D eigenvalue weighted by Gasteiger charge is 2.34. The summed E-state index contributed by atoms with van der Waals surface area (Å²) in [5.74, 6) is 0.850. The zero-order valence-electron chi connectivity index (χ0n) is 15.4. The predicted octanol–water partition coefficient (Wildman–Crippen LogP) is 3.64. The summed E-state index contributed by atoms with van der Waals surface area (Å²) in [6, 6.07) is 10.7. The summed E-state index contributed by atoms with van der Waals surface area (Å²) in [5.41, 5.74) is 3.15. The molecular formula is C21H29N3O. The summed E-state index contributed by atoms with van der Waals surface area (Å²) in [6.07, 6.45) is 8.08. The van der Waals surface area contributed by atoms with Gasteiger partial charge in [0.15, 0.2) is 0 Å². The molecule has 1 aliphatic heterocycles. The molecule has 1 aromatic heterocycles. The van der Waals surface area contributed by atoms with Crippen LogP contribution in [0.5, 0.6) is 0 Å². The molecule has 0 bridgehead atoms. The van der Waals surface area contributed by atoms with E-state index >= 15 is 0 Å². The quantitative estimate of drug-likeness (QED) is 0.855. The molecule has 4 nitrogen and oxygen atoms in total. The average molecular weight is 339 g/mol. The minimum absolute atomic E-state index is 0.143. The van der Waals surface area contributed by atoms with Crippen LogP contribution in [0, 0.1) is 12.8 Å². The topological polar surface area (TPSA) is 30.2 Å². The molecule has 4 rings (SSSR count). The first-order valence-electron chi connectivity index (χ1n) is 9.74. The molecule has 0 N–H and O–H groups in total. The van der Waals surface area contributed by atoms with Crippen molar-refractivity contribution in [3.05, 3.63) is 51.9 Å². The zero-order chi connectivity index (χ0) is 17.4. The third-order valence-electron chi connectivity index (χ3n) is 6.39. The van der Waals surface area contributed by atoms with E-state index in [1.165, 1.54) is 38.5 Å². The van der Waals surface area contributed by atoms with Crippen LogP contribution in [0.1, 0.15) is 49.8 Å². The monoisotopic (exact) mass is 339 g/mol. The lowest BCUT2D eigenvalue weighted by Crippen LogP contribution is -2.46. The van der Waals surface area contributed by atoms with Crippen molar-refractivity contribution < 1.29 is 0 Å². The lowest BCUT2D eigenvalue weighted by molar-refractivity contribution is 0.0543. The fraction of sp³-hybridized carbons (Fsp3) is 0.571. The average Bonchev–Trinajstić information content (AvgIpc) is 2.86. The van der Waals surface area contributed by atoms with Gasteiger partial charge >= 0.3 is 0 Å². The van der Waals surface area contributed by atoms with Gasteiger partial charge in [0.2, 0.25) is 0 Å². The number of aromatic nitrogens is 2. The lowest BCUT2D eigenvalue weighted by Gasteiger charge is -2.44. The van der Waals surface area contributed by atoms with Gasteiger partial charge in [-0.25, -0.2) is 4.68 Å². The third kappa shape index (κ3) is 2.97. The Morgan fingerprint density at radius 1 is 1.04 bits per heavy atom. The second-order valence-corrected chi connectivity index (χ2v) is 7.76. The molecule has 2 aromatic rings. The Morgan fingerprint density at radius 3 is 2.56 bits per heavy atom. The van der Waals surface area contributed by atoms with Crippen molar-refractivity contribution in [3.63, 3.8) is 0 Å². The van der Waals surface area contributed by atoms with Gasteiger partial charge in [-0.05, 0) is 57.2 Å². The van der Waals surface area contributed by atoms with Crippen LogP contribution in [-0.4, -0.2) is 26.9 Å². The van der Waals surface area contributed by atoms with Gasteiger partial charge in [-0.1, -0.05) is 31.0 Å². The van der Waals surface area contributed by atoms with E-state index in [0.29, 0.717) is 6.04 Å². The van der Waals surface area contributed by atoms with E-state index in [-0.39, 0.29) is 5.56 Å². The zero-order valence-corrected chi connectivity index (χ0v) is 15.4. The van der Waals surface area contributed by atoms with Gasteiger partial charge in [0.05, 0.1) is 11.3 Å². The Balaban J connectivity index is 1.66. The summed E-state index contributed by atoms with van der Waals surface area (Å²) in [4.78, 5) is 15.8. The second-order valence-electron chi connectivity index (χ2n) is 7.76. The Morgan fingerprint density at radius 2 is 1.76 bits per heavy atom. The summed E-state index contributed by atoms with van der Waals surface area (Å²) < 4.78 is 3.82. The molecule has 2 atom stereocenters. The van der Waals surface area contributed by atoms with E-state index in [1.807, 2.05) is 46.7 Å². The van der Waals surface area contributed by atoms with Gasteiger partial charge in [0.1, 0.15) is 0 Å². The summed E-state index contributed by atoms with van der Waals surface area (Å²) >= 11 is 0. The van der Waals surface area contributed by atoms with Crippen LogP contribution in [0.3, 0.4) is 0 Å². The van der Waals surface area contributed by atoms with Crippen LogP contribution in [0.25, 0.3) is 5.69 Å². The molecule has 25 heavy (non-hydrogen) atoms. The van der Waals surface area contributed by atoms with Gasteiger partial charge in [-0.15, -0.1) is 0 Å². The van der Waals surface area contributed by atoms with E-state index in [9.17, 15) is 4.79 Å². The van der Waals surface area contributed by atoms with Gasteiger partial charge in [-0.2, -0.15) is 0 Å². The molecule has 1 saturated heterocycles. The van der Waals surface area contributed by atoms with E-state index in [1.54, 1.807) is 0 Å². The first-order chi connectivity index (χ1) is 12.2. The SMILES string of the molecule is Cc1c(CN2CCC[C@@H]3CCCC[C@@H]32)c(=O)n(-c2ccccc2)n1C. The van der Waals surface area contributed by atoms with E-state index in [0.717, 1.165) is 36.0 Å². The van der Waals surface area contributed by atoms with Crippen LogP contribution in [-0.2, 0) is 13.6 Å². The molecule has 0 unspecified atom stereocenters. The largest absolute Gasteiger partial charge is 0.296 e. The number of hydrogen-bond donors (Lipinski definition) is 0. The van der Waals surface area contributed by atoms with Crippen LogP contribution in [0.15, 0.2) is 35.1 Å². The molecule has 0 spiro atoms. The van der Waals surface area contributed by atoms with Crippen LogP contribution in [0.2, 0.25) is 0 Å². The van der Waals surface area contributed by atoms with Gasteiger partial charge < -0.3 is 0 Å². The van der Waals surface area contributed by atoms with Crippen LogP contribution in [0.4, 0.5) is 0 Å². The molecule has 0 radical (unpaired) electrons. The van der Waals surface area contributed by atoms with Gasteiger partial charge in [-0.3, -0.25) is 14.4 Å². The standard InChI is InChI=1S/C21H29N3O/c1-16-19(15-23-14-8-10-17-9-6-7-13-20(17)23)21(25)24(22(16)2)18-11-4-3-5-12-18/h3-5,11-12,17,20H,6-10,13-15H2,1-2H3/t17-,20-/m0/s1. The number of hydrogen-bond acceptors (Lipinski definition) is 2. The molecule has 2 heterocycles. The molecule has 1 aromatic carbocycles. The highest BCUT2D eigenvalue weighted by molar-refractivity contribution is 5.33. The van der Waals surface area contributed by atoms with E-state index in [2.05, 4.69) is 11.8 Å². The molecule has 4 heteroatoms. The van der Waals surface area contributed by atoms with Crippen molar-refractivity contribution in [1.82, 2.24) is 14.3 Å². The smallest absolute Gasteiger partial charge is 0.276 e. The maximum absolute atomic E-state index is 13.2. The number of para-hydroxylation sites is 1. The van der Waals surface area contributed by atoms with Gasteiger partial charge in [0, 0.05) is 25.3 Å². The molecule has 134 valence electrons. The molecule has 2 aliphatic rings. The van der Waals surface area contributed by atoms with Crippen molar-refractivity contribution >= 4 is 0 Å². The van der Waals surface area contributed by atoms with Gasteiger partial charge in [0.25, 0.3) is 5.56 Å². The number of piperidine rings is 1. The first kappa shape index (κ1) is 16.6. The molecule has 0 amide bonds. The maximum Gasteiger partial charge on any atom is 0.276 e. The number of likely N-dealkylation sites (tertiary alicyclic amines) is 1. The van der Waals surface area contributed by atoms with Crippen molar-refractivity contribution in [3.8, 4) is 5.69 Å². The Bertz CT molecular complexity index is 787. The molecule has 2 fully saturated rings. The maximum atomic E-state index is 13.2. The summed E-state index contributed by atoms with van der Waals surface area (Å²) in [6.45, 7) is 4.03. The highest BCUT2D eigenvalue weighted by atomic mass is 16.1. The van der Waals surface area contributed by atoms with E-state index in [4.69, 9.17) is 0 Å². The summed E-state index contributed by atoms with van der Waals surface area (Å²) in [5, 5.41) is 0. The van der Waals surface area contributed by atoms with Crippen LogP contribution >= 0.6 is 0 Å². The van der Waals surface area contributed by atoms with Crippen molar-refractivity contribution in [2.45, 2.75) is 58.0 Å². The lowest BCUT2D eigenvalue weighted by atomic mass is 9.78. The first-order valence-corrected chi connectivity index (χ1v) is 9.74. The predicted molar refractivity (Wildman–Crippen MR) is 101 cm³/mol. The van der Waals surface area contributed by atoms with Crippen molar-refractivity contribution in [2.75, 3.05) is 6.54 Å². The number of benzene rings is 1. The Kier molecular flexibility index (Phi) is 4.55. The molecule has 1 saturated carbocycles. The molecule has 1 aliphatic carbocycles. The number of rotatable bonds is 3. The van der Waals surface area contributed by atoms with Crippen LogP contribution < -0.4 is 5.56 Å². The minimum Gasteiger partial charge on any atom is -0.296 e. The fourth-order valence-electron chi connectivity index (χ4n) is 4.93. The normalized spacial score (nSPS) is 24.2.